The molecule has 0 aromatic rings. The molecule has 18 heavy (non-hydrogen) atoms. The third kappa shape index (κ3) is 12.1. The Kier molecular flexibility index (Phi) is 16.3. The minimum Gasteiger partial charge on any atom is -0.309 e. The average molecular weight is 277 g/mol. The molecular formula is C13H28NO3P. The third-order valence-corrected chi connectivity index (χ3v) is 4.37. The number of nitrogens with zero attached hydrogens (tertiary/aromatic N) is 1. The number of hydrogen-bond donors (Lipinski definition) is 0. The lowest BCUT2D eigenvalue weighted by Gasteiger charge is -2.18. The maximum absolute atomic E-state index is 12.3. The summed E-state index contributed by atoms with van der Waals surface area (Å²) in [4.78, 5) is 0. The van der Waals surface area contributed by atoms with E-state index in [1.54, 1.807) is 0 Å². The Labute approximate surface area is 112 Å². The molecule has 0 rings (SSSR count). The molecule has 0 aromatic heterocycles. The number of rotatable bonds is 11. The van der Waals surface area contributed by atoms with Crippen molar-refractivity contribution < 1.29 is 13.6 Å². The van der Waals surface area contributed by atoms with E-state index in [4.69, 9.17) is 14.3 Å². The van der Waals surface area contributed by atoms with Gasteiger partial charge in [-0.05, 0) is 19.3 Å². The summed E-state index contributed by atoms with van der Waals surface area (Å²) < 4.78 is 23.2. The van der Waals surface area contributed by atoms with Crippen molar-refractivity contribution in [3.63, 3.8) is 0 Å². The van der Waals surface area contributed by atoms with E-state index in [-0.39, 0.29) is 0 Å². The van der Waals surface area contributed by atoms with Crippen molar-refractivity contribution in [1.82, 2.24) is 0 Å². The molecule has 0 atom stereocenters. The van der Waals surface area contributed by atoms with Gasteiger partial charge in [-0.25, -0.2) is 5.26 Å². The van der Waals surface area contributed by atoms with E-state index < -0.39 is 7.60 Å². The van der Waals surface area contributed by atoms with Gasteiger partial charge < -0.3 is 9.05 Å². The second-order valence-electron chi connectivity index (χ2n) is 4.06. The Morgan fingerprint density at radius 2 is 1.28 bits per heavy atom. The fraction of sp³-hybridized carbons (Fsp3) is 0.923. The van der Waals surface area contributed by atoms with E-state index in [0.29, 0.717) is 19.4 Å². The van der Waals surface area contributed by atoms with Gasteiger partial charge in [0.05, 0.1) is 19.4 Å². The molecule has 0 bridgehead atoms. The summed E-state index contributed by atoms with van der Waals surface area (Å²) in [6, 6.07) is 0. The highest BCUT2D eigenvalue weighted by atomic mass is 31.2. The highest BCUT2D eigenvalue weighted by Crippen LogP contribution is 2.49. The van der Waals surface area contributed by atoms with Crippen LogP contribution in [0.2, 0.25) is 0 Å². The lowest BCUT2D eigenvalue weighted by Crippen LogP contribution is -2.03. The fourth-order valence-electron chi connectivity index (χ4n) is 1.21. The summed E-state index contributed by atoms with van der Waals surface area (Å²) in [5, 5.41) is 6.50. The molecule has 0 aliphatic carbocycles. The molecule has 0 heterocycles. The van der Waals surface area contributed by atoms with Crippen LogP contribution < -0.4 is 0 Å². The van der Waals surface area contributed by atoms with Crippen molar-refractivity contribution in [2.75, 3.05) is 19.4 Å². The zero-order valence-electron chi connectivity index (χ0n) is 12.1. The van der Waals surface area contributed by atoms with E-state index in [2.05, 4.69) is 27.3 Å². The van der Waals surface area contributed by atoms with Gasteiger partial charge in [0.15, 0.2) is 0 Å². The zero-order chi connectivity index (χ0) is 14.3. The van der Waals surface area contributed by atoms with Crippen LogP contribution in [0.25, 0.3) is 0 Å². The molecule has 0 spiro atoms. The summed E-state index contributed by atoms with van der Waals surface area (Å²) in [5.74, 6) is 0. The van der Waals surface area contributed by atoms with Gasteiger partial charge in [0.1, 0.15) is 0 Å². The van der Waals surface area contributed by atoms with Crippen LogP contribution in [-0.4, -0.2) is 19.4 Å². The predicted octanol–water partition coefficient (Wildman–Crippen LogP) is 4.75. The van der Waals surface area contributed by atoms with Gasteiger partial charge in [-0.15, -0.1) is 0 Å². The molecule has 0 aliphatic heterocycles. The molecule has 0 aromatic carbocycles. The van der Waals surface area contributed by atoms with Gasteiger partial charge in [-0.3, -0.25) is 4.57 Å². The molecule has 0 fully saturated rings. The van der Waals surface area contributed by atoms with Crippen LogP contribution in [0.4, 0.5) is 0 Å². The summed E-state index contributed by atoms with van der Waals surface area (Å²) in [6.45, 7) is 10.9. The normalized spacial score (nSPS) is 10.7. The van der Waals surface area contributed by atoms with Crippen LogP contribution in [0.3, 0.4) is 0 Å². The van der Waals surface area contributed by atoms with Crippen LogP contribution in [0.15, 0.2) is 0 Å². The molecule has 0 saturated carbocycles. The molecule has 0 unspecified atom stereocenters. The van der Waals surface area contributed by atoms with Gasteiger partial charge in [-0.1, -0.05) is 40.0 Å². The van der Waals surface area contributed by atoms with Crippen molar-refractivity contribution >= 4 is 7.60 Å². The predicted molar refractivity (Wildman–Crippen MR) is 75.8 cm³/mol. The molecule has 0 amide bonds. The van der Waals surface area contributed by atoms with Crippen molar-refractivity contribution in [2.45, 2.75) is 59.3 Å². The molecule has 5 heteroatoms. The lowest BCUT2D eigenvalue weighted by molar-refractivity contribution is 0.199. The second-order valence-corrected chi connectivity index (χ2v) is 6.25. The monoisotopic (exact) mass is 277 g/mol. The fourth-order valence-corrected chi connectivity index (χ4v) is 3.06. The standard InChI is InChI=1S/C12H27O3P.CHN/c1-4-7-10-14-16(13,12-9-6-3)15-11-8-5-2;1-2/h4-12H2,1-3H3;1H. The SMILES string of the molecule is C#N.CCCCOP(=O)(CCCC)OCCCC. The molecule has 0 aliphatic rings. The number of unbranched alkanes of at least 4 members (excludes halogenated alkanes) is 3. The van der Waals surface area contributed by atoms with E-state index >= 15 is 0 Å². The Morgan fingerprint density at radius 1 is 0.889 bits per heavy atom. The molecule has 108 valence electrons. The van der Waals surface area contributed by atoms with E-state index in [0.717, 1.165) is 38.5 Å². The van der Waals surface area contributed by atoms with Crippen molar-refractivity contribution in [3.05, 3.63) is 0 Å². The van der Waals surface area contributed by atoms with Gasteiger partial charge in [0.2, 0.25) is 0 Å². The Balaban J connectivity index is 0. The number of hydrogen-bond acceptors (Lipinski definition) is 4. The van der Waals surface area contributed by atoms with Gasteiger partial charge in [0.25, 0.3) is 0 Å². The number of nitriles is 1. The quantitative estimate of drug-likeness (QED) is 0.404. The molecule has 0 radical (unpaired) electrons. The minimum atomic E-state index is -2.80. The Morgan fingerprint density at radius 3 is 1.61 bits per heavy atom. The smallest absolute Gasteiger partial charge is 0.309 e. The van der Waals surface area contributed by atoms with Crippen LogP contribution in [0, 0.1) is 11.8 Å². The maximum Gasteiger partial charge on any atom is 0.330 e. The third-order valence-electron chi connectivity index (χ3n) is 2.36. The first kappa shape index (κ1) is 20.0. The van der Waals surface area contributed by atoms with Crippen molar-refractivity contribution in [2.24, 2.45) is 0 Å². The first-order valence-electron chi connectivity index (χ1n) is 6.82. The van der Waals surface area contributed by atoms with Gasteiger partial charge in [-0.2, -0.15) is 0 Å². The van der Waals surface area contributed by atoms with Crippen molar-refractivity contribution in [3.8, 4) is 6.57 Å². The molecule has 4 nitrogen and oxygen atoms in total. The summed E-state index contributed by atoms with van der Waals surface area (Å²) in [7, 11) is -2.80. The van der Waals surface area contributed by atoms with Gasteiger partial charge in [0, 0.05) is 6.57 Å². The summed E-state index contributed by atoms with van der Waals surface area (Å²) in [6.07, 6.45) is 6.52. The van der Waals surface area contributed by atoms with E-state index in [9.17, 15) is 4.57 Å². The minimum absolute atomic E-state index is 0.559. The van der Waals surface area contributed by atoms with E-state index in [1.165, 1.54) is 0 Å². The zero-order valence-corrected chi connectivity index (χ0v) is 13.0. The maximum atomic E-state index is 12.3. The first-order chi connectivity index (χ1) is 8.68. The summed E-state index contributed by atoms with van der Waals surface area (Å²) >= 11 is 0. The lowest BCUT2D eigenvalue weighted by atomic mass is 10.4. The summed E-state index contributed by atoms with van der Waals surface area (Å²) in [5.41, 5.74) is 0. The topological polar surface area (TPSA) is 59.3 Å². The van der Waals surface area contributed by atoms with Crippen LogP contribution in [0.1, 0.15) is 59.3 Å². The Hall–Kier alpha value is -0.360. The van der Waals surface area contributed by atoms with Crippen LogP contribution >= 0.6 is 7.60 Å². The molecule has 0 saturated heterocycles. The highest BCUT2D eigenvalue weighted by Gasteiger charge is 2.23. The highest BCUT2D eigenvalue weighted by molar-refractivity contribution is 7.53. The second kappa shape index (κ2) is 14.7. The van der Waals surface area contributed by atoms with Crippen LogP contribution in [-0.2, 0) is 13.6 Å². The van der Waals surface area contributed by atoms with Crippen molar-refractivity contribution in [1.29, 1.82) is 5.26 Å². The van der Waals surface area contributed by atoms with Crippen LogP contribution in [0.5, 0.6) is 0 Å². The Bertz CT molecular complexity index is 218. The van der Waals surface area contributed by atoms with Gasteiger partial charge >= 0.3 is 7.60 Å². The molecule has 0 N–H and O–H groups in total. The average Bonchev–Trinajstić information content (AvgIpc) is 2.40. The largest absolute Gasteiger partial charge is 0.330 e. The molecular weight excluding hydrogens is 249 g/mol. The first-order valence-corrected chi connectivity index (χ1v) is 8.55. The van der Waals surface area contributed by atoms with E-state index in [1.807, 2.05) is 0 Å².